The normalized spacial score (nSPS) is 25.8. The van der Waals surface area contributed by atoms with Crippen LogP contribution in [0.1, 0.15) is 28.8 Å². The van der Waals surface area contributed by atoms with Crippen molar-refractivity contribution in [1.82, 2.24) is 15.5 Å². The fourth-order valence-electron chi connectivity index (χ4n) is 3.74. The Balaban J connectivity index is 1.49. The number of anilines is 1. The van der Waals surface area contributed by atoms with Crippen LogP contribution in [0.25, 0.3) is 0 Å². The van der Waals surface area contributed by atoms with Crippen molar-refractivity contribution in [3.8, 4) is 0 Å². The molecule has 2 saturated heterocycles. The fraction of sp³-hybridized carbons (Fsp3) is 0.500. The Hall–Kier alpha value is -2.45. The second-order valence-electron chi connectivity index (χ2n) is 6.82. The van der Waals surface area contributed by atoms with Crippen LogP contribution in [0, 0.1) is 0 Å². The summed E-state index contributed by atoms with van der Waals surface area (Å²) in [6.45, 7) is 3.31. The van der Waals surface area contributed by atoms with Gasteiger partial charge in [-0.05, 0) is 18.1 Å². The minimum absolute atomic E-state index is 0.0577. The Bertz CT molecular complexity index is 745. The van der Waals surface area contributed by atoms with Crippen LogP contribution in [0.2, 0.25) is 0 Å². The lowest BCUT2D eigenvalue weighted by Gasteiger charge is -2.29. The van der Waals surface area contributed by atoms with Crippen molar-refractivity contribution in [1.29, 1.82) is 0 Å². The van der Waals surface area contributed by atoms with Gasteiger partial charge in [0, 0.05) is 38.3 Å². The summed E-state index contributed by atoms with van der Waals surface area (Å²) in [6.07, 6.45) is 0.685. The number of ether oxygens (including phenoxy) is 1. The third-order valence-electron chi connectivity index (χ3n) is 5.08. The van der Waals surface area contributed by atoms with Gasteiger partial charge in [-0.2, -0.15) is 0 Å². The van der Waals surface area contributed by atoms with E-state index in [2.05, 4.69) is 16.0 Å². The summed E-state index contributed by atoms with van der Waals surface area (Å²) in [7, 11) is 0. The van der Waals surface area contributed by atoms with E-state index < -0.39 is 11.9 Å². The number of benzene rings is 1. The number of hydrogen-bond acceptors (Lipinski definition) is 6. The Morgan fingerprint density at radius 2 is 2.15 bits per heavy atom. The SMILES string of the molecule is O=C1CCC(N2Cc3cccc(NCC4CNCCO4)c3C2=O)C(=O)N1. The molecule has 0 saturated carbocycles. The van der Waals surface area contributed by atoms with Gasteiger partial charge in [-0.15, -0.1) is 0 Å². The van der Waals surface area contributed by atoms with Gasteiger partial charge in [0.2, 0.25) is 11.8 Å². The average molecular weight is 358 g/mol. The van der Waals surface area contributed by atoms with Crippen molar-refractivity contribution in [3.05, 3.63) is 29.3 Å². The maximum absolute atomic E-state index is 13.0. The van der Waals surface area contributed by atoms with Gasteiger partial charge in [-0.3, -0.25) is 19.7 Å². The van der Waals surface area contributed by atoms with Crippen LogP contribution in [0.5, 0.6) is 0 Å². The minimum atomic E-state index is -0.591. The molecule has 2 unspecified atom stereocenters. The van der Waals surface area contributed by atoms with Gasteiger partial charge in [0.25, 0.3) is 5.91 Å². The van der Waals surface area contributed by atoms with Gasteiger partial charge in [-0.1, -0.05) is 12.1 Å². The van der Waals surface area contributed by atoms with Crippen molar-refractivity contribution < 1.29 is 19.1 Å². The van der Waals surface area contributed by atoms with Gasteiger partial charge in [0.1, 0.15) is 6.04 Å². The molecular formula is C18H22N4O4. The number of nitrogens with zero attached hydrogens (tertiary/aromatic N) is 1. The van der Waals surface area contributed by atoms with E-state index in [-0.39, 0.29) is 24.3 Å². The molecule has 0 aliphatic carbocycles. The van der Waals surface area contributed by atoms with E-state index in [0.717, 1.165) is 24.3 Å². The average Bonchev–Trinajstić information content (AvgIpc) is 2.98. The molecule has 3 amide bonds. The molecule has 0 bridgehead atoms. The number of morpholine rings is 1. The zero-order valence-corrected chi connectivity index (χ0v) is 14.4. The fourth-order valence-corrected chi connectivity index (χ4v) is 3.74. The number of piperidine rings is 1. The molecule has 8 nitrogen and oxygen atoms in total. The van der Waals surface area contributed by atoms with Crippen LogP contribution in [0.15, 0.2) is 18.2 Å². The first-order chi connectivity index (χ1) is 12.6. The highest BCUT2D eigenvalue weighted by Crippen LogP contribution is 2.32. The summed E-state index contributed by atoms with van der Waals surface area (Å²) in [5, 5.41) is 8.92. The lowest BCUT2D eigenvalue weighted by atomic mass is 10.0. The van der Waals surface area contributed by atoms with Crippen molar-refractivity contribution in [3.63, 3.8) is 0 Å². The van der Waals surface area contributed by atoms with Gasteiger partial charge >= 0.3 is 0 Å². The lowest BCUT2D eigenvalue weighted by molar-refractivity contribution is -0.136. The highest BCUT2D eigenvalue weighted by Gasteiger charge is 2.40. The first kappa shape index (κ1) is 17.0. The Morgan fingerprint density at radius 3 is 2.92 bits per heavy atom. The molecular weight excluding hydrogens is 336 g/mol. The highest BCUT2D eigenvalue weighted by molar-refractivity contribution is 6.07. The smallest absolute Gasteiger partial charge is 0.257 e. The van der Waals surface area contributed by atoms with E-state index in [9.17, 15) is 14.4 Å². The third kappa shape index (κ3) is 3.17. The van der Waals surface area contributed by atoms with Crippen LogP contribution < -0.4 is 16.0 Å². The number of amides is 3. The Labute approximate surface area is 151 Å². The second-order valence-corrected chi connectivity index (χ2v) is 6.82. The molecule has 3 aliphatic rings. The number of fused-ring (bicyclic) bond motifs is 1. The van der Waals surface area contributed by atoms with E-state index in [1.165, 1.54) is 0 Å². The van der Waals surface area contributed by atoms with Crippen molar-refractivity contribution in [2.75, 3.05) is 31.6 Å². The molecule has 3 heterocycles. The summed E-state index contributed by atoms with van der Waals surface area (Å²) in [4.78, 5) is 38.0. The summed E-state index contributed by atoms with van der Waals surface area (Å²) in [5.41, 5.74) is 2.27. The molecule has 1 aromatic carbocycles. The largest absolute Gasteiger partial charge is 0.382 e. The first-order valence-electron chi connectivity index (χ1n) is 8.96. The molecule has 0 radical (unpaired) electrons. The van der Waals surface area contributed by atoms with Gasteiger partial charge in [0.15, 0.2) is 0 Å². The number of carbonyl (C=O) groups is 3. The lowest BCUT2D eigenvalue weighted by Crippen LogP contribution is -2.52. The molecule has 26 heavy (non-hydrogen) atoms. The monoisotopic (exact) mass is 358 g/mol. The predicted molar refractivity (Wildman–Crippen MR) is 93.6 cm³/mol. The van der Waals surface area contributed by atoms with E-state index in [1.54, 1.807) is 4.90 Å². The zero-order valence-electron chi connectivity index (χ0n) is 14.4. The van der Waals surface area contributed by atoms with Crippen LogP contribution in [0.3, 0.4) is 0 Å². The van der Waals surface area contributed by atoms with Crippen molar-refractivity contribution in [2.45, 2.75) is 31.5 Å². The minimum Gasteiger partial charge on any atom is -0.382 e. The quantitative estimate of drug-likeness (QED) is 0.647. The van der Waals surface area contributed by atoms with Crippen LogP contribution >= 0.6 is 0 Å². The van der Waals surface area contributed by atoms with E-state index in [1.807, 2.05) is 18.2 Å². The maximum Gasteiger partial charge on any atom is 0.257 e. The Morgan fingerprint density at radius 1 is 1.27 bits per heavy atom. The van der Waals surface area contributed by atoms with Crippen LogP contribution in [0.4, 0.5) is 5.69 Å². The van der Waals surface area contributed by atoms with Gasteiger partial charge < -0.3 is 20.3 Å². The molecule has 2 atom stereocenters. The second kappa shape index (κ2) is 7.05. The standard InChI is InChI=1S/C18H22N4O4/c23-15-5-4-14(17(24)21-15)22-10-11-2-1-3-13(16(11)18(22)25)20-9-12-8-19-6-7-26-12/h1-3,12,14,19-20H,4-10H2,(H,21,23,24). The molecule has 8 heteroatoms. The number of imide groups is 1. The van der Waals surface area contributed by atoms with E-state index in [4.69, 9.17) is 4.74 Å². The maximum atomic E-state index is 13.0. The predicted octanol–water partition coefficient (Wildman–Crippen LogP) is -0.152. The van der Waals surface area contributed by atoms with Crippen LogP contribution in [-0.2, 0) is 20.9 Å². The summed E-state index contributed by atoms with van der Waals surface area (Å²) >= 11 is 0. The topological polar surface area (TPSA) is 99.8 Å². The molecule has 2 fully saturated rings. The zero-order chi connectivity index (χ0) is 18.1. The summed E-state index contributed by atoms with van der Waals surface area (Å²) in [6, 6.07) is 5.10. The number of hydrogen-bond donors (Lipinski definition) is 3. The van der Waals surface area contributed by atoms with E-state index in [0.29, 0.717) is 31.7 Å². The van der Waals surface area contributed by atoms with Crippen molar-refractivity contribution >= 4 is 23.4 Å². The molecule has 4 rings (SSSR count). The molecule has 0 spiro atoms. The summed E-state index contributed by atoms with van der Waals surface area (Å²) < 4.78 is 5.68. The molecule has 1 aromatic rings. The van der Waals surface area contributed by atoms with Gasteiger partial charge in [-0.25, -0.2) is 0 Å². The highest BCUT2D eigenvalue weighted by atomic mass is 16.5. The van der Waals surface area contributed by atoms with E-state index >= 15 is 0 Å². The molecule has 138 valence electrons. The first-order valence-corrected chi connectivity index (χ1v) is 8.96. The third-order valence-corrected chi connectivity index (χ3v) is 5.08. The Kier molecular flexibility index (Phi) is 4.60. The number of rotatable bonds is 4. The molecule has 3 aliphatic heterocycles. The summed E-state index contributed by atoms with van der Waals surface area (Å²) in [5.74, 6) is -0.835. The number of carbonyl (C=O) groups excluding carboxylic acids is 3. The van der Waals surface area contributed by atoms with Gasteiger partial charge in [0.05, 0.1) is 18.3 Å². The van der Waals surface area contributed by atoms with Crippen LogP contribution in [-0.4, -0.2) is 61.0 Å². The molecule has 0 aromatic heterocycles. The molecule has 3 N–H and O–H groups in total. The number of nitrogens with one attached hydrogen (secondary N) is 3. The van der Waals surface area contributed by atoms with Crippen molar-refractivity contribution in [2.24, 2.45) is 0 Å².